The highest BCUT2D eigenvalue weighted by molar-refractivity contribution is 9.10. The van der Waals surface area contributed by atoms with Gasteiger partial charge in [0.15, 0.2) is 0 Å². The number of anilines is 1. The van der Waals surface area contributed by atoms with Crippen LogP contribution >= 0.6 is 15.9 Å². The molecule has 114 valence electrons. The fourth-order valence-corrected chi connectivity index (χ4v) is 2.28. The quantitative estimate of drug-likeness (QED) is 0.814. The average Bonchev–Trinajstić information content (AvgIpc) is 2.52. The van der Waals surface area contributed by atoms with Crippen LogP contribution in [-0.2, 0) is 4.79 Å². The molecule has 4 nitrogen and oxygen atoms in total. The van der Waals surface area contributed by atoms with Gasteiger partial charge in [0.1, 0.15) is 11.5 Å². The van der Waals surface area contributed by atoms with E-state index >= 15 is 0 Å². The van der Waals surface area contributed by atoms with E-state index in [-0.39, 0.29) is 5.91 Å². The van der Waals surface area contributed by atoms with E-state index in [1.54, 1.807) is 32.4 Å². The molecule has 0 fully saturated rings. The molecule has 0 atom stereocenters. The molecule has 2 aromatic carbocycles. The summed E-state index contributed by atoms with van der Waals surface area (Å²) in [6.07, 6.45) is 3.15. The van der Waals surface area contributed by atoms with Crippen molar-refractivity contribution in [3.63, 3.8) is 0 Å². The largest absolute Gasteiger partial charge is 0.497 e. The molecule has 0 aliphatic carbocycles. The molecule has 0 aromatic heterocycles. The van der Waals surface area contributed by atoms with Gasteiger partial charge in [-0.15, -0.1) is 0 Å². The topological polar surface area (TPSA) is 47.6 Å². The second-order valence-corrected chi connectivity index (χ2v) is 5.36. The molecule has 1 N–H and O–H groups in total. The summed E-state index contributed by atoms with van der Waals surface area (Å²) in [5, 5.41) is 2.79. The monoisotopic (exact) mass is 361 g/mol. The molecule has 0 aliphatic heterocycles. The van der Waals surface area contributed by atoms with E-state index < -0.39 is 0 Å². The van der Waals surface area contributed by atoms with Crippen LogP contribution in [0.5, 0.6) is 11.5 Å². The third-order valence-electron chi connectivity index (χ3n) is 2.94. The van der Waals surface area contributed by atoms with E-state index in [9.17, 15) is 4.79 Å². The number of hydrogen-bond acceptors (Lipinski definition) is 3. The highest BCUT2D eigenvalue weighted by Crippen LogP contribution is 2.25. The average molecular weight is 362 g/mol. The van der Waals surface area contributed by atoms with Gasteiger partial charge in [0.05, 0.1) is 14.2 Å². The maximum atomic E-state index is 12.0. The molecule has 22 heavy (non-hydrogen) atoms. The summed E-state index contributed by atoms with van der Waals surface area (Å²) in [7, 11) is 3.18. The summed E-state index contributed by atoms with van der Waals surface area (Å²) in [6.45, 7) is 0. The number of carbonyl (C=O) groups excluding carboxylic acids is 1. The van der Waals surface area contributed by atoms with Crippen LogP contribution in [-0.4, -0.2) is 20.1 Å². The lowest BCUT2D eigenvalue weighted by Crippen LogP contribution is -2.07. The number of halogens is 1. The van der Waals surface area contributed by atoms with E-state index in [0.29, 0.717) is 11.5 Å². The first kappa shape index (κ1) is 16.1. The maximum absolute atomic E-state index is 12.0. The van der Waals surface area contributed by atoms with Crippen LogP contribution in [0.1, 0.15) is 5.56 Å². The number of benzene rings is 2. The van der Waals surface area contributed by atoms with Gasteiger partial charge in [-0.25, -0.2) is 0 Å². The molecule has 5 heteroatoms. The number of hydrogen-bond donors (Lipinski definition) is 1. The SMILES string of the molecule is COc1ccc(OC)c(/C=C/C(=O)Nc2cccc(Br)c2)c1. The molecule has 0 heterocycles. The summed E-state index contributed by atoms with van der Waals surface area (Å²) in [5.74, 6) is 1.16. The highest BCUT2D eigenvalue weighted by atomic mass is 79.9. The van der Waals surface area contributed by atoms with Crippen LogP contribution in [0.25, 0.3) is 6.08 Å². The Morgan fingerprint density at radius 1 is 1.14 bits per heavy atom. The molecular weight excluding hydrogens is 346 g/mol. The van der Waals surface area contributed by atoms with Crippen molar-refractivity contribution in [3.8, 4) is 11.5 Å². The molecule has 0 radical (unpaired) electrons. The molecule has 2 aromatic rings. The Labute approximate surface area is 137 Å². The molecule has 0 saturated carbocycles. The van der Waals surface area contributed by atoms with Crippen LogP contribution in [0.3, 0.4) is 0 Å². The van der Waals surface area contributed by atoms with Crippen molar-refractivity contribution >= 4 is 33.6 Å². The summed E-state index contributed by atoms with van der Waals surface area (Å²) < 4.78 is 11.3. The van der Waals surface area contributed by atoms with Crippen molar-refractivity contribution in [2.75, 3.05) is 19.5 Å². The fraction of sp³-hybridized carbons (Fsp3) is 0.118. The molecule has 0 bridgehead atoms. The first-order chi connectivity index (χ1) is 10.6. The zero-order valence-electron chi connectivity index (χ0n) is 12.3. The van der Waals surface area contributed by atoms with Gasteiger partial charge in [-0.3, -0.25) is 4.79 Å². The normalized spacial score (nSPS) is 10.5. The Kier molecular flexibility index (Phi) is 5.61. The minimum atomic E-state index is -0.219. The van der Waals surface area contributed by atoms with Crippen molar-refractivity contribution < 1.29 is 14.3 Å². The van der Waals surface area contributed by atoms with Crippen molar-refractivity contribution in [2.45, 2.75) is 0 Å². The highest BCUT2D eigenvalue weighted by Gasteiger charge is 2.03. The van der Waals surface area contributed by atoms with Crippen LogP contribution < -0.4 is 14.8 Å². The van der Waals surface area contributed by atoms with E-state index in [4.69, 9.17) is 9.47 Å². The van der Waals surface area contributed by atoms with E-state index in [0.717, 1.165) is 15.7 Å². The van der Waals surface area contributed by atoms with Crippen molar-refractivity contribution in [3.05, 3.63) is 58.6 Å². The van der Waals surface area contributed by atoms with Gasteiger partial charge in [0, 0.05) is 21.8 Å². The number of rotatable bonds is 5. The summed E-state index contributed by atoms with van der Waals surface area (Å²) >= 11 is 3.36. The smallest absolute Gasteiger partial charge is 0.248 e. The van der Waals surface area contributed by atoms with E-state index in [2.05, 4.69) is 21.2 Å². The van der Waals surface area contributed by atoms with Crippen LogP contribution in [0.15, 0.2) is 53.0 Å². The van der Waals surface area contributed by atoms with E-state index in [1.165, 1.54) is 6.08 Å². The Balaban J connectivity index is 2.12. The zero-order valence-corrected chi connectivity index (χ0v) is 13.9. The predicted octanol–water partition coefficient (Wildman–Crippen LogP) is 4.12. The molecule has 2 rings (SSSR count). The Morgan fingerprint density at radius 3 is 2.64 bits per heavy atom. The Morgan fingerprint density at radius 2 is 1.95 bits per heavy atom. The molecular formula is C17H16BrNO3. The number of methoxy groups -OCH3 is 2. The summed E-state index contributed by atoms with van der Waals surface area (Å²) in [4.78, 5) is 12.0. The summed E-state index contributed by atoms with van der Waals surface area (Å²) in [5.41, 5.74) is 1.49. The van der Waals surface area contributed by atoms with Gasteiger partial charge in [-0.2, -0.15) is 0 Å². The van der Waals surface area contributed by atoms with Gasteiger partial charge < -0.3 is 14.8 Å². The standard InChI is InChI=1S/C17H16BrNO3/c1-21-15-7-8-16(22-2)12(10-15)6-9-17(20)19-14-5-3-4-13(18)11-14/h3-11H,1-2H3,(H,19,20)/b9-6+. The predicted molar refractivity (Wildman–Crippen MR) is 91.4 cm³/mol. The maximum Gasteiger partial charge on any atom is 0.248 e. The third-order valence-corrected chi connectivity index (χ3v) is 3.44. The molecule has 0 saturated heterocycles. The zero-order chi connectivity index (χ0) is 15.9. The van der Waals surface area contributed by atoms with Crippen LogP contribution in [0.2, 0.25) is 0 Å². The molecule has 1 amide bonds. The number of nitrogens with one attached hydrogen (secondary N) is 1. The van der Waals surface area contributed by atoms with Gasteiger partial charge in [0.25, 0.3) is 0 Å². The van der Waals surface area contributed by atoms with Crippen molar-refractivity contribution in [1.29, 1.82) is 0 Å². The van der Waals surface area contributed by atoms with Crippen LogP contribution in [0, 0.1) is 0 Å². The number of amides is 1. The Hall–Kier alpha value is -2.27. The number of ether oxygens (including phenoxy) is 2. The minimum absolute atomic E-state index is 0.219. The lowest BCUT2D eigenvalue weighted by Gasteiger charge is -2.07. The number of carbonyl (C=O) groups is 1. The molecule has 0 unspecified atom stereocenters. The lowest BCUT2D eigenvalue weighted by molar-refractivity contribution is -0.111. The second-order valence-electron chi connectivity index (χ2n) is 4.44. The Bertz CT molecular complexity index is 698. The minimum Gasteiger partial charge on any atom is -0.497 e. The summed E-state index contributed by atoms with van der Waals surface area (Å²) in [6, 6.07) is 12.8. The lowest BCUT2D eigenvalue weighted by atomic mass is 10.1. The van der Waals surface area contributed by atoms with Gasteiger partial charge in [-0.1, -0.05) is 22.0 Å². The second kappa shape index (κ2) is 7.66. The van der Waals surface area contributed by atoms with Gasteiger partial charge in [-0.05, 0) is 42.5 Å². The van der Waals surface area contributed by atoms with Crippen LogP contribution in [0.4, 0.5) is 5.69 Å². The van der Waals surface area contributed by atoms with Crippen molar-refractivity contribution in [2.24, 2.45) is 0 Å². The molecule has 0 aliphatic rings. The van der Waals surface area contributed by atoms with Gasteiger partial charge in [0.2, 0.25) is 5.91 Å². The molecule has 0 spiro atoms. The first-order valence-electron chi connectivity index (χ1n) is 6.59. The van der Waals surface area contributed by atoms with Crippen molar-refractivity contribution in [1.82, 2.24) is 0 Å². The third kappa shape index (κ3) is 4.36. The fourth-order valence-electron chi connectivity index (χ4n) is 1.89. The first-order valence-corrected chi connectivity index (χ1v) is 7.38. The van der Waals surface area contributed by atoms with E-state index in [1.807, 2.05) is 30.3 Å². The van der Waals surface area contributed by atoms with Gasteiger partial charge >= 0.3 is 0 Å².